The van der Waals surface area contributed by atoms with Crippen molar-refractivity contribution in [1.29, 1.82) is 0 Å². The summed E-state index contributed by atoms with van der Waals surface area (Å²) in [6.45, 7) is 2.05. The van der Waals surface area contributed by atoms with Crippen molar-refractivity contribution in [3.05, 3.63) is 0 Å². The Kier molecular flexibility index (Phi) is 2.91. The van der Waals surface area contributed by atoms with Crippen molar-refractivity contribution in [3.63, 3.8) is 0 Å². The van der Waals surface area contributed by atoms with E-state index in [0.717, 1.165) is 11.5 Å². The Balaban J connectivity index is 2.31. The molecule has 1 heterocycles. The topological polar surface area (TPSA) is 40.5 Å². The molecule has 0 spiro atoms. The molecule has 1 fully saturated rings. The number of aliphatic hydroxyl groups is 2. The Morgan fingerprint density at radius 3 is 2.80 bits per heavy atom. The Morgan fingerprint density at radius 2 is 2.40 bits per heavy atom. The minimum atomic E-state index is -0.573. The molecule has 1 aliphatic heterocycles. The lowest BCUT2D eigenvalue weighted by atomic mass is 10.5. The molecule has 1 aliphatic rings. The predicted molar refractivity (Wildman–Crippen MR) is 46.4 cm³/mol. The van der Waals surface area contributed by atoms with Gasteiger partial charge < -0.3 is 10.2 Å². The summed E-state index contributed by atoms with van der Waals surface area (Å²) >= 11 is 3.18. The lowest BCUT2D eigenvalue weighted by Gasteiger charge is -2.30. The summed E-state index contributed by atoms with van der Waals surface area (Å²) in [6, 6.07) is 0. The molecule has 60 valence electrons. The zero-order valence-corrected chi connectivity index (χ0v) is 7.54. The number of hydrogen-bond acceptors (Lipinski definition) is 4. The van der Waals surface area contributed by atoms with Gasteiger partial charge in [-0.05, 0) is 6.92 Å². The first-order valence-corrected chi connectivity index (χ1v) is 5.26. The van der Waals surface area contributed by atoms with Gasteiger partial charge in [0.15, 0.2) is 0 Å². The molecular formula is C6H12O2S2. The van der Waals surface area contributed by atoms with E-state index in [1.807, 2.05) is 6.92 Å². The summed E-state index contributed by atoms with van der Waals surface area (Å²) in [5.74, 6) is 1.58. The summed E-state index contributed by atoms with van der Waals surface area (Å²) in [6.07, 6.45) is 0. The van der Waals surface area contributed by atoms with Crippen LogP contribution in [0.3, 0.4) is 0 Å². The maximum Gasteiger partial charge on any atom is 0.116 e. The molecule has 1 rings (SSSR count). The number of thioether (sulfide) groups is 2. The first-order chi connectivity index (χ1) is 4.64. The van der Waals surface area contributed by atoms with Gasteiger partial charge in [0.05, 0.1) is 6.61 Å². The van der Waals surface area contributed by atoms with Crippen molar-refractivity contribution in [2.24, 2.45) is 0 Å². The third-order valence-corrected chi connectivity index (χ3v) is 4.62. The number of rotatable bonds is 1. The minimum absolute atomic E-state index is 0.230. The summed E-state index contributed by atoms with van der Waals surface area (Å²) in [5, 5.41) is 18.5. The maximum atomic E-state index is 9.45. The molecule has 0 aromatic heterocycles. The summed E-state index contributed by atoms with van der Waals surface area (Å²) in [4.78, 5) is -0.573. The van der Waals surface area contributed by atoms with Crippen LogP contribution >= 0.6 is 23.5 Å². The molecule has 1 saturated heterocycles. The molecule has 4 heteroatoms. The Labute approximate surface area is 69.4 Å². The third-order valence-electron chi connectivity index (χ3n) is 1.37. The lowest BCUT2D eigenvalue weighted by Crippen LogP contribution is -2.32. The van der Waals surface area contributed by atoms with Crippen molar-refractivity contribution < 1.29 is 10.2 Å². The standard InChI is InChI=1S/C6H12O2S2/c1-6(8)4-9-5(2-7)3-10-6/h5,7-8H,2-4H2,1H3. The van der Waals surface area contributed by atoms with Crippen molar-refractivity contribution in [2.45, 2.75) is 17.1 Å². The molecular weight excluding hydrogens is 168 g/mol. The molecule has 0 radical (unpaired) electrons. The van der Waals surface area contributed by atoms with Crippen LogP contribution in [0.25, 0.3) is 0 Å². The molecule has 0 aromatic rings. The zero-order chi connectivity index (χ0) is 7.61. The monoisotopic (exact) mass is 180 g/mol. The fourth-order valence-electron chi connectivity index (χ4n) is 0.740. The van der Waals surface area contributed by atoms with Crippen LogP contribution in [-0.2, 0) is 0 Å². The van der Waals surface area contributed by atoms with Gasteiger partial charge in [-0.25, -0.2) is 0 Å². The number of hydrogen-bond donors (Lipinski definition) is 2. The molecule has 0 aromatic carbocycles. The van der Waals surface area contributed by atoms with Crippen LogP contribution in [0.4, 0.5) is 0 Å². The zero-order valence-electron chi connectivity index (χ0n) is 5.91. The summed E-state index contributed by atoms with van der Waals surface area (Å²) < 4.78 is 0. The normalized spacial score (nSPS) is 41.7. The van der Waals surface area contributed by atoms with Gasteiger partial charge in [0.1, 0.15) is 4.93 Å². The van der Waals surface area contributed by atoms with Gasteiger partial charge in [-0.1, -0.05) is 0 Å². The highest BCUT2D eigenvalue weighted by atomic mass is 32.2. The van der Waals surface area contributed by atoms with E-state index in [2.05, 4.69) is 0 Å². The van der Waals surface area contributed by atoms with Crippen LogP contribution in [-0.4, -0.2) is 38.5 Å². The molecule has 2 nitrogen and oxygen atoms in total. The second-order valence-corrected chi connectivity index (χ2v) is 5.39. The maximum absolute atomic E-state index is 9.45. The molecule has 2 unspecified atom stereocenters. The van der Waals surface area contributed by atoms with Gasteiger partial charge in [0.25, 0.3) is 0 Å². The van der Waals surface area contributed by atoms with Crippen LogP contribution in [0.5, 0.6) is 0 Å². The molecule has 2 N–H and O–H groups in total. The van der Waals surface area contributed by atoms with Crippen LogP contribution in [0.15, 0.2) is 0 Å². The van der Waals surface area contributed by atoms with Crippen molar-refractivity contribution >= 4 is 23.5 Å². The second kappa shape index (κ2) is 3.34. The highest BCUT2D eigenvalue weighted by Crippen LogP contribution is 2.35. The van der Waals surface area contributed by atoms with Gasteiger partial charge in [-0.3, -0.25) is 0 Å². The van der Waals surface area contributed by atoms with E-state index in [0.29, 0.717) is 5.25 Å². The van der Waals surface area contributed by atoms with Crippen molar-refractivity contribution in [2.75, 3.05) is 18.1 Å². The summed E-state index contributed by atoms with van der Waals surface area (Å²) in [7, 11) is 0. The van der Waals surface area contributed by atoms with E-state index in [9.17, 15) is 5.11 Å². The van der Waals surface area contributed by atoms with Crippen molar-refractivity contribution in [1.82, 2.24) is 0 Å². The van der Waals surface area contributed by atoms with Crippen LogP contribution < -0.4 is 0 Å². The fourth-order valence-corrected chi connectivity index (χ4v) is 3.17. The first kappa shape index (κ1) is 8.71. The molecule has 2 atom stereocenters. The van der Waals surface area contributed by atoms with Gasteiger partial charge >= 0.3 is 0 Å². The largest absolute Gasteiger partial charge is 0.395 e. The van der Waals surface area contributed by atoms with Gasteiger partial charge in [-0.15, -0.1) is 11.8 Å². The first-order valence-electron chi connectivity index (χ1n) is 3.23. The molecule has 0 aliphatic carbocycles. The predicted octanol–water partition coefficient (Wildman–Crippen LogP) is 0.536. The quantitative estimate of drug-likeness (QED) is 0.618. The van der Waals surface area contributed by atoms with E-state index < -0.39 is 4.93 Å². The highest BCUT2D eigenvalue weighted by molar-refractivity contribution is 8.07. The summed E-state index contributed by atoms with van der Waals surface area (Å²) in [5.41, 5.74) is 0. The molecule has 10 heavy (non-hydrogen) atoms. The molecule has 0 amide bonds. The smallest absolute Gasteiger partial charge is 0.116 e. The van der Waals surface area contributed by atoms with Gasteiger partial charge in [0, 0.05) is 16.8 Å². The average molecular weight is 180 g/mol. The van der Waals surface area contributed by atoms with Gasteiger partial charge in [0.2, 0.25) is 0 Å². The minimum Gasteiger partial charge on any atom is -0.395 e. The fraction of sp³-hybridized carbons (Fsp3) is 1.00. The Bertz CT molecular complexity index is 106. The second-order valence-electron chi connectivity index (χ2n) is 2.60. The van der Waals surface area contributed by atoms with Crippen molar-refractivity contribution in [3.8, 4) is 0 Å². The third kappa shape index (κ3) is 2.34. The number of aliphatic hydroxyl groups excluding tert-OH is 1. The van der Waals surface area contributed by atoms with E-state index in [1.165, 1.54) is 11.8 Å². The lowest BCUT2D eigenvalue weighted by molar-refractivity contribution is 0.182. The Morgan fingerprint density at radius 1 is 1.70 bits per heavy atom. The van der Waals surface area contributed by atoms with E-state index in [-0.39, 0.29) is 6.61 Å². The molecule has 0 bridgehead atoms. The SMILES string of the molecule is CC1(O)CSC(CO)CS1. The van der Waals surface area contributed by atoms with E-state index >= 15 is 0 Å². The Hall–Kier alpha value is 0.620. The molecule has 0 saturated carbocycles. The highest BCUT2D eigenvalue weighted by Gasteiger charge is 2.29. The van der Waals surface area contributed by atoms with E-state index in [4.69, 9.17) is 5.11 Å². The van der Waals surface area contributed by atoms with Gasteiger partial charge in [-0.2, -0.15) is 11.8 Å². The van der Waals surface area contributed by atoms with Crippen LogP contribution in [0, 0.1) is 0 Å². The van der Waals surface area contributed by atoms with Crippen LogP contribution in [0.1, 0.15) is 6.92 Å². The van der Waals surface area contributed by atoms with Crippen LogP contribution in [0.2, 0.25) is 0 Å². The average Bonchev–Trinajstić information content (AvgIpc) is 1.88. The van der Waals surface area contributed by atoms with E-state index in [1.54, 1.807) is 11.8 Å².